The fourth-order valence-corrected chi connectivity index (χ4v) is 1.73. The summed E-state index contributed by atoms with van der Waals surface area (Å²) in [7, 11) is 1.37. The molecular formula is C9H14N2O2. The summed E-state index contributed by atoms with van der Waals surface area (Å²) in [5, 5.41) is 11.8. The highest BCUT2D eigenvalue weighted by molar-refractivity contribution is 5.77. The van der Waals surface area contributed by atoms with Gasteiger partial charge in [-0.15, -0.1) is 0 Å². The molecule has 0 bridgehead atoms. The van der Waals surface area contributed by atoms with Crippen LogP contribution in [0.1, 0.15) is 19.3 Å². The number of methoxy groups -OCH3 is 1. The fraction of sp³-hybridized carbons (Fsp3) is 0.778. The van der Waals surface area contributed by atoms with Crippen LogP contribution in [0.4, 0.5) is 0 Å². The number of ether oxygens (including phenoxy) is 1. The minimum Gasteiger partial charge on any atom is -0.469 e. The molecule has 0 spiro atoms. The molecule has 1 atom stereocenters. The number of nitriles is 1. The van der Waals surface area contributed by atoms with Gasteiger partial charge in [0.15, 0.2) is 0 Å². The maximum Gasteiger partial charge on any atom is 0.314 e. The standard InChI is InChI=1S/C9H14N2O2/c1-13-8(12)9(4-5-10)3-2-6-11-7-9/h11H,2-4,6-7H2,1H3/t9-/m1/s1. The summed E-state index contributed by atoms with van der Waals surface area (Å²) < 4.78 is 4.72. The van der Waals surface area contributed by atoms with Gasteiger partial charge in [0.25, 0.3) is 0 Å². The number of esters is 1. The van der Waals surface area contributed by atoms with Gasteiger partial charge in [0, 0.05) is 6.54 Å². The molecule has 13 heavy (non-hydrogen) atoms. The van der Waals surface area contributed by atoms with Gasteiger partial charge >= 0.3 is 5.97 Å². The average molecular weight is 182 g/mol. The van der Waals surface area contributed by atoms with Crippen LogP contribution >= 0.6 is 0 Å². The number of rotatable bonds is 2. The summed E-state index contributed by atoms with van der Waals surface area (Å²) in [6, 6.07) is 2.05. The lowest BCUT2D eigenvalue weighted by atomic mass is 9.78. The summed E-state index contributed by atoms with van der Waals surface area (Å²) in [6.07, 6.45) is 1.92. The van der Waals surface area contributed by atoms with Crippen molar-refractivity contribution in [2.75, 3.05) is 20.2 Å². The molecule has 0 aromatic heterocycles. The second kappa shape index (κ2) is 4.24. The molecule has 1 N–H and O–H groups in total. The Morgan fingerprint density at radius 3 is 3.00 bits per heavy atom. The number of hydrogen-bond donors (Lipinski definition) is 1. The van der Waals surface area contributed by atoms with Gasteiger partial charge in [-0.3, -0.25) is 4.79 Å². The Labute approximate surface area is 77.9 Å². The maximum atomic E-state index is 11.5. The second-order valence-electron chi connectivity index (χ2n) is 3.39. The smallest absolute Gasteiger partial charge is 0.314 e. The molecule has 1 saturated heterocycles. The Morgan fingerprint density at radius 2 is 2.54 bits per heavy atom. The van der Waals surface area contributed by atoms with Crippen LogP contribution in [0.15, 0.2) is 0 Å². The van der Waals surface area contributed by atoms with Gasteiger partial charge in [0.05, 0.1) is 25.0 Å². The van der Waals surface area contributed by atoms with Gasteiger partial charge in [0.1, 0.15) is 0 Å². The molecule has 0 radical (unpaired) electrons. The van der Waals surface area contributed by atoms with Crippen LogP contribution in [0.25, 0.3) is 0 Å². The lowest BCUT2D eigenvalue weighted by Crippen LogP contribution is -2.45. The zero-order chi connectivity index (χ0) is 9.73. The van der Waals surface area contributed by atoms with Crippen LogP contribution in [-0.4, -0.2) is 26.2 Å². The highest BCUT2D eigenvalue weighted by Crippen LogP contribution is 2.31. The van der Waals surface area contributed by atoms with Gasteiger partial charge in [-0.2, -0.15) is 5.26 Å². The predicted molar refractivity (Wildman–Crippen MR) is 46.8 cm³/mol. The molecule has 1 heterocycles. The molecule has 0 saturated carbocycles. The van der Waals surface area contributed by atoms with Crippen molar-refractivity contribution in [3.05, 3.63) is 0 Å². The third-order valence-corrected chi connectivity index (χ3v) is 2.51. The van der Waals surface area contributed by atoms with Crippen molar-refractivity contribution >= 4 is 5.97 Å². The molecule has 0 aliphatic carbocycles. The molecule has 72 valence electrons. The molecule has 1 aliphatic heterocycles. The zero-order valence-electron chi connectivity index (χ0n) is 7.80. The van der Waals surface area contributed by atoms with E-state index in [0.29, 0.717) is 6.54 Å². The second-order valence-corrected chi connectivity index (χ2v) is 3.39. The zero-order valence-corrected chi connectivity index (χ0v) is 7.80. The lowest BCUT2D eigenvalue weighted by Gasteiger charge is -2.32. The Morgan fingerprint density at radius 1 is 1.77 bits per heavy atom. The van der Waals surface area contributed by atoms with Crippen LogP contribution in [0, 0.1) is 16.7 Å². The van der Waals surface area contributed by atoms with Crippen LogP contribution in [0.3, 0.4) is 0 Å². The van der Waals surface area contributed by atoms with E-state index in [4.69, 9.17) is 10.00 Å². The van der Waals surface area contributed by atoms with Gasteiger partial charge in [0.2, 0.25) is 0 Å². The van der Waals surface area contributed by atoms with E-state index in [1.165, 1.54) is 7.11 Å². The molecule has 0 aromatic rings. The molecule has 0 aromatic carbocycles. The molecule has 4 heteroatoms. The van der Waals surface area contributed by atoms with Crippen molar-refractivity contribution < 1.29 is 9.53 Å². The topological polar surface area (TPSA) is 62.1 Å². The number of hydrogen-bond acceptors (Lipinski definition) is 4. The van der Waals surface area contributed by atoms with Gasteiger partial charge < -0.3 is 10.1 Å². The third-order valence-electron chi connectivity index (χ3n) is 2.51. The van der Waals surface area contributed by atoms with Crippen LogP contribution in [0.5, 0.6) is 0 Å². The van der Waals surface area contributed by atoms with Gasteiger partial charge in [-0.1, -0.05) is 0 Å². The third kappa shape index (κ3) is 1.99. The van der Waals surface area contributed by atoms with E-state index in [0.717, 1.165) is 19.4 Å². The van der Waals surface area contributed by atoms with E-state index < -0.39 is 5.41 Å². The normalized spacial score (nSPS) is 27.7. The predicted octanol–water partition coefficient (Wildman–Crippen LogP) is 0.443. The molecule has 1 fully saturated rings. The van der Waals surface area contributed by atoms with E-state index in [1.54, 1.807) is 0 Å². The van der Waals surface area contributed by atoms with Crippen molar-refractivity contribution in [3.8, 4) is 6.07 Å². The van der Waals surface area contributed by atoms with E-state index in [2.05, 4.69) is 11.4 Å². The van der Waals surface area contributed by atoms with Crippen molar-refractivity contribution in [1.29, 1.82) is 5.26 Å². The van der Waals surface area contributed by atoms with Crippen molar-refractivity contribution in [3.63, 3.8) is 0 Å². The monoisotopic (exact) mass is 182 g/mol. The van der Waals surface area contributed by atoms with Crippen LogP contribution < -0.4 is 5.32 Å². The molecule has 0 unspecified atom stereocenters. The largest absolute Gasteiger partial charge is 0.469 e. The maximum absolute atomic E-state index is 11.5. The average Bonchev–Trinajstić information content (AvgIpc) is 2.18. The minimum atomic E-state index is -0.595. The van der Waals surface area contributed by atoms with Crippen molar-refractivity contribution in [2.24, 2.45) is 5.41 Å². The quantitative estimate of drug-likeness (QED) is 0.629. The Hall–Kier alpha value is -1.08. The Balaban J connectivity index is 2.73. The van der Waals surface area contributed by atoms with Crippen LogP contribution in [0.2, 0.25) is 0 Å². The molecule has 1 aliphatic rings. The molecule has 4 nitrogen and oxygen atoms in total. The Kier molecular flexibility index (Phi) is 3.26. The minimum absolute atomic E-state index is 0.243. The number of nitrogens with one attached hydrogen (secondary N) is 1. The molecule has 1 rings (SSSR count). The highest BCUT2D eigenvalue weighted by Gasteiger charge is 2.40. The summed E-state index contributed by atoms with van der Waals surface area (Å²) >= 11 is 0. The summed E-state index contributed by atoms with van der Waals surface area (Å²) in [6.45, 7) is 1.48. The lowest BCUT2D eigenvalue weighted by molar-refractivity contribution is -0.153. The van der Waals surface area contributed by atoms with Gasteiger partial charge in [-0.25, -0.2) is 0 Å². The van der Waals surface area contributed by atoms with E-state index in [1.807, 2.05) is 0 Å². The summed E-state index contributed by atoms with van der Waals surface area (Å²) in [5.74, 6) is -0.263. The first-order chi connectivity index (χ1) is 6.25. The summed E-state index contributed by atoms with van der Waals surface area (Å²) in [5.41, 5.74) is -0.595. The highest BCUT2D eigenvalue weighted by atomic mass is 16.5. The van der Waals surface area contributed by atoms with Crippen molar-refractivity contribution in [2.45, 2.75) is 19.3 Å². The van der Waals surface area contributed by atoms with Crippen molar-refractivity contribution in [1.82, 2.24) is 5.32 Å². The SMILES string of the molecule is COC(=O)[C@@]1(CC#N)CCCNC1. The van der Waals surface area contributed by atoms with Crippen LogP contribution in [-0.2, 0) is 9.53 Å². The van der Waals surface area contributed by atoms with Gasteiger partial charge in [-0.05, 0) is 19.4 Å². The number of carbonyl (C=O) groups is 1. The summed E-state index contributed by atoms with van der Waals surface area (Å²) in [4.78, 5) is 11.5. The van der Waals surface area contributed by atoms with E-state index in [9.17, 15) is 4.79 Å². The number of nitrogens with zero attached hydrogens (tertiary/aromatic N) is 1. The number of carbonyl (C=O) groups excluding carboxylic acids is 1. The first-order valence-electron chi connectivity index (χ1n) is 4.41. The molecule has 0 amide bonds. The molecular weight excluding hydrogens is 168 g/mol. The van der Waals surface area contributed by atoms with E-state index >= 15 is 0 Å². The first-order valence-corrected chi connectivity index (χ1v) is 4.41. The number of piperidine rings is 1. The first kappa shape index (κ1) is 10.0. The fourth-order valence-electron chi connectivity index (χ4n) is 1.73. The van der Waals surface area contributed by atoms with E-state index in [-0.39, 0.29) is 12.4 Å². The Bertz CT molecular complexity index is 226.